The highest BCUT2D eigenvalue weighted by atomic mass is 79.9. The highest BCUT2D eigenvalue weighted by molar-refractivity contribution is 9.10. The largest absolute Gasteiger partial charge is 0.393 e. The van der Waals surface area contributed by atoms with E-state index in [-0.39, 0.29) is 24.2 Å². The molecule has 11 heteroatoms. The third kappa shape index (κ3) is 4.91. The van der Waals surface area contributed by atoms with Gasteiger partial charge in [-0.3, -0.25) is 9.78 Å². The molecule has 0 radical (unpaired) electrons. The van der Waals surface area contributed by atoms with E-state index in [2.05, 4.69) is 31.3 Å². The number of rotatable bonds is 6. The van der Waals surface area contributed by atoms with Gasteiger partial charge in [-0.15, -0.1) is 0 Å². The van der Waals surface area contributed by atoms with E-state index in [4.69, 9.17) is 10.7 Å². The van der Waals surface area contributed by atoms with Crippen molar-refractivity contribution >= 4 is 44.2 Å². The first-order chi connectivity index (χ1) is 17.3. The average Bonchev–Trinajstić information content (AvgIpc) is 3.28. The molecule has 4 N–H and O–H groups in total. The molecule has 3 aromatic heterocycles. The number of piperidine rings is 1. The summed E-state index contributed by atoms with van der Waals surface area (Å²) in [7, 11) is 0. The minimum Gasteiger partial charge on any atom is -0.393 e. The minimum atomic E-state index is -0.628. The first-order valence-electron chi connectivity index (χ1n) is 11.9. The van der Waals surface area contributed by atoms with Gasteiger partial charge >= 0.3 is 0 Å². The van der Waals surface area contributed by atoms with Crippen LogP contribution in [-0.4, -0.2) is 60.7 Å². The van der Waals surface area contributed by atoms with Gasteiger partial charge < -0.3 is 21.1 Å². The second kappa shape index (κ2) is 10.1. The third-order valence-corrected chi connectivity index (χ3v) is 7.39. The Morgan fingerprint density at radius 3 is 2.83 bits per heavy atom. The van der Waals surface area contributed by atoms with Gasteiger partial charge in [0.1, 0.15) is 11.6 Å². The highest BCUT2D eigenvalue weighted by Gasteiger charge is 2.24. The summed E-state index contributed by atoms with van der Waals surface area (Å²) < 4.78 is 16.0. The standard InChI is InChI=1S/C25H27BrFN7O2/c1-14(35)8-22(36)33-6-4-18(5-7-33)29-13-21-23(26)24(28)34-25(32-21)19(12-31-34)16-9-15-10-17(27)2-3-20(15)30-11-16/h2-3,9-12,14,18,29,35H,4-8,13,28H2,1H3/t14-/m0/s1. The van der Waals surface area contributed by atoms with Crippen LogP contribution in [0.25, 0.3) is 27.7 Å². The molecule has 1 amide bonds. The van der Waals surface area contributed by atoms with Crippen LogP contribution in [0.4, 0.5) is 10.2 Å². The van der Waals surface area contributed by atoms with Gasteiger partial charge in [-0.1, -0.05) is 0 Å². The Morgan fingerprint density at radius 1 is 1.31 bits per heavy atom. The summed E-state index contributed by atoms with van der Waals surface area (Å²) in [5.41, 5.74) is 9.93. The molecule has 1 saturated heterocycles. The Morgan fingerprint density at radius 2 is 2.08 bits per heavy atom. The number of carbonyl (C=O) groups excluding carboxylic acids is 1. The monoisotopic (exact) mass is 555 g/mol. The number of halogens is 2. The van der Waals surface area contributed by atoms with E-state index in [0.717, 1.165) is 29.7 Å². The zero-order valence-electron chi connectivity index (χ0n) is 19.8. The van der Waals surface area contributed by atoms with Gasteiger partial charge in [0.15, 0.2) is 5.65 Å². The minimum absolute atomic E-state index is 0.00901. The molecule has 9 nitrogen and oxygen atoms in total. The molecular formula is C25H27BrFN7O2. The lowest BCUT2D eigenvalue weighted by Crippen LogP contribution is -2.45. The van der Waals surface area contributed by atoms with Crippen LogP contribution in [0.1, 0.15) is 31.9 Å². The molecule has 5 rings (SSSR count). The molecule has 36 heavy (non-hydrogen) atoms. The van der Waals surface area contributed by atoms with E-state index in [1.807, 2.05) is 11.0 Å². The zero-order valence-corrected chi connectivity index (χ0v) is 21.4. The lowest BCUT2D eigenvalue weighted by atomic mass is 10.0. The summed E-state index contributed by atoms with van der Waals surface area (Å²) >= 11 is 3.56. The van der Waals surface area contributed by atoms with Crippen molar-refractivity contribution < 1.29 is 14.3 Å². The molecule has 4 heterocycles. The lowest BCUT2D eigenvalue weighted by Gasteiger charge is -2.33. The van der Waals surface area contributed by atoms with Gasteiger partial charge in [0.25, 0.3) is 0 Å². The van der Waals surface area contributed by atoms with Crippen LogP contribution in [-0.2, 0) is 11.3 Å². The van der Waals surface area contributed by atoms with Crippen molar-refractivity contribution in [3.63, 3.8) is 0 Å². The quantitative estimate of drug-likeness (QED) is 0.333. The predicted octanol–water partition coefficient (Wildman–Crippen LogP) is 3.28. The fourth-order valence-corrected chi connectivity index (χ4v) is 4.97. The first-order valence-corrected chi connectivity index (χ1v) is 12.7. The van der Waals surface area contributed by atoms with Crippen molar-refractivity contribution in [3.8, 4) is 11.1 Å². The lowest BCUT2D eigenvalue weighted by molar-refractivity contribution is -0.134. The van der Waals surface area contributed by atoms with E-state index >= 15 is 0 Å². The van der Waals surface area contributed by atoms with Crippen LogP contribution in [0.2, 0.25) is 0 Å². The van der Waals surface area contributed by atoms with Crippen molar-refractivity contribution in [2.45, 2.75) is 44.9 Å². The van der Waals surface area contributed by atoms with E-state index in [9.17, 15) is 14.3 Å². The summed E-state index contributed by atoms with van der Waals surface area (Å²) in [4.78, 5) is 23.3. The van der Waals surface area contributed by atoms with E-state index in [0.29, 0.717) is 46.5 Å². The number of nitrogens with two attached hydrogens (primary N) is 1. The molecule has 1 aliphatic rings. The van der Waals surface area contributed by atoms with Gasteiger partial charge in [0.2, 0.25) is 5.91 Å². The van der Waals surface area contributed by atoms with Gasteiger partial charge in [0, 0.05) is 48.4 Å². The van der Waals surface area contributed by atoms with Crippen molar-refractivity contribution in [2.75, 3.05) is 18.8 Å². The maximum atomic E-state index is 13.7. The van der Waals surface area contributed by atoms with Crippen molar-refractivity contribution in [2.24, 2.45) is 0 Å². The summed E-state index contributed by atoms with van der Waals surface area (Å²) in [6, 6.07) is 6.59. The molecule has 0 saturated carbocycles. The Balaban J connectivity index is 1.35. The molecule has 188 valence electrons. The Kier molecular flexibility index (Phi) is 6.87. The van der Waals surface area contributed by atoms with Crippen molar-refractivity contribution in [3.05, 3.63) is 52.6 Å². The fourth-order valence-electron chi connectivity index (χ4n) is 4.57. The number of pyridine rings is 1. The Labute approximate surface area is 215 Å². The number of aromatic nitrogens is 4. The zero-order chi connectivity index (χ0) is 25.4. The molecule has 1 atom stereocenters. The predicted molar refractivity (Wildman–Crippen MR) is 139 cm³/mol. The number of nitrogens with one attached hydrogen (secondary N) is 1. The highest BCUT2D eigenvalue weighted by Crippen LogP contribution is 2.31. The average molecular weight is 556 g/mol. The molecule has 4 aromatic rings. The Bertz CT molecular complexity index is 1430. The number of benzene rings is 1. The third-order valence-electron chi connectivity index (χ3n) is 6.52. The molecule has 0 unspecified atom stereocenters. The molecule has 1 aliphatic heterocycles. The van der Waals surface area contributed by atoms with E-state index in [1.54, 1.807) is 29.9 Å². The number of aliphatic hydroxyl groups excluding tert-OH is 1. The number of carbonyl (C=O) groups is 1. The summed E-state index contributed by atoms with van der Waals surface area (Å²) in [6.07, 6.45) is 4.57. The number of likely N-dealkylation sites (tertiary alicyclic amines) is 1. The maximum Gasteiger partial charge on any atom is 0.225 e. The number of nitrogen functional groups attached to an aromatic ring is 1. The number of hydrogen-bond acceptors (Lipinski definition) is 7. The van der Waals surface area contributed by atoms with Crippen molar-refractivity contribution in [1.29, 1.82) is 0 Å². The summed E-state index contributed by atoms with van der Waals surface area (Å²) in [6.45, 7) is 3.42. The first kappa shape index (κ1) is 24.5. The molecule has 0 spiro atoms. The van der Waals surface area contributed by atoms with Gasteiger partial charge in [-0.05, 0) is 60.0 Å². The second-order valence-electron chi connectivity index (χ2n) is 9.20. The Hall–Kier alpha value is -3.15. The topological polar surface area (TPSA) is 122 Å². The van der Waals surface area contributed by atoms with Crippen LogP contribution in [0.15, 0.2) is 41.1 Å². The van der Waals surface area contributed by atoms with Gasteiger partial charge in [0.05, 0.1) is 34.4 Å². The van der Waals surface area contributed by atoms with Crippen LogP contribution in [0.5, 0.6) is 0 Å². The van der Waals surface area contributed by atoms with Crippen LogP contribution < -0.4 is 11.1 Å². The van der Waals surface area contributed by atoms with Crippen molar-refractivity contribution in [1.82, 2.24) is 29.8 Å². The van der Waals surface area contributed by atoms with Crippen LogP contribution >= 0.6 is 15.9 Å². The van der Waals surface area contributed by atoms with Crippen LogP contribution in [0, 0.1) is 5.82 Å². The smallest absolute Gasteiger partial charge is 0.225 e. The van der Waals surface area contributed by atoms with Gasteiger partial charge in [-0.25, -0.2) is 9.37 Å². The summed E-state index contributed by atoms with van der Waals surface area (Å²) in [5.74, 6) is 0.103. The molecule has 0 bridgehead atoms. The molecule has 1 fully saturated rings. The number of nitrogens with zero attached hydrogens (tertiary/aromatic N) is 5. The molecule has 1 aromatic carbocycles. The fraction of sp³-hybridized carbons (Fsp3) is 0.360. The SMILES string of the molecule is C[C@H](O)CC(=O)N1CCC(NCc2nc3c(-c4cnc5ccc(F)cc5c4)cnn3c(N)c2Br)CC1. The molecule has 0 aliphatic carbocycles. The maximum absolute atomic E-state index is 13.7. The number of anilines is 1. The normalized spacial score (nSPS) is 15.6. The number of aliphatic hydroxyl groups is 1. The number of fused-ring (bicyclic) bond motifs is 2. The van der Waals surface area contributed by atoms with E-state index < -0.39 is 6.10 Å². The summed E-state index contributed by atoms with van der Waals surface area (Å²) in [5, 5.41) is 18.1. The van der Waals surface area contributed by atoms with Crippen LogP contribution in [0.3, 0.4) is 0 Å². The number of hydrogen-bond donors (Lipinski definition) is 3. The second-order valence-corrected chi connectivity index (χ2v) is 9.99. The molecular weight excluding hydrogens is 529 g/mol. The van der Waals surface area contributed by atoms with Gasteiger partial charge in [-0.2, -0.15) is 9.61 Å². The van der Waals surface area contributed by atoms with E-state index in [1.165, 1.54) is 12.1 Å². The number of amides is 1.